The van der Waals surface area contributed by atoms with E-state index in [1.165, 1.54) is 0 Å². The minimum Gasteiger partial charge on any atom is -0.311 e. The van der Waals surface area contributed by atoms with E-state index >= 15 is 0 Å². The van der Waals surface area contributed by atoms with Crippen LogP contribution in [-0.2, 0) is 0 Å². The molecule has 1 saturated heterocycles. The van der Waals surface area contributed by atoms with Gasteiger partial charge in [-0.25, -0.2) is 0 Å². The lowest BCUT2D eigenvalue weighted by molar-refractivity contribution is -0.136. The lowest BCUT2D eigenvalue weighted by Crippen LogP contribution is -2.48. The molecule has 0 spiro atoms. The molecule has 0 aromatic heterocycles. The normalized spacial score (nSPS) is 23.3. The zero-order valence-corrected chi connectivity index (χ0v) is 10.7. The van der Waals surface area contributed by atoms with Crippen LogP contribution in [-0.4, -0.2) is 42.8 Å². The Morgan fingerprint density at radius 1 is 1.35 bits per heavy atom. The number of likely N-dealkylation sites (tertiary alicyclic amines) is 1. The smallest absolute Gasteiger partial charge is 0.311 e. The predicted octanol–water partition coefficient (Wildman–Crippen LogP) is 2.79. The highest BCUT2D eigenvalue weighted by Gasteiger charge is 2.27. The van der Waals surface area contributed by atoms with E-state index in [2.05, 4.69) is 24.1 Å². The molecule has 2 nitrogen and oxygen atoms in total. The van der Waals surface area contributed by atoms with Crippen molar-refractivity contribution in [2.75, 3.05) is 19.6 Å². The lowest BCUT2D eigenvalue weighted by Gasteiger charge is -2.34. The quantitative estimate of drug-likeness (QED) is 0.809. The summed E-state index contributed by atoms with van der Waals surface area (Å²) in [6.07, 6.45) is -2.24. The zero-order valence-electron chi connectivity index (χ0n) is 10.7. The van der Waals surface area contributed by atoms with Crippen molar-refractivity contribution in [2.24, 2.45) is 0 Å². The highest BCUT2D eigenvalue weighted by molar-refractivity contribution is 4.79. The average molecular weight is 252 g/mol. The Kier molecular flexibility index (Phi) is 5.73. The van der Waals surface area contributed by atoms with Gasteiger partial charge in [0.2, 0.25) is 0 Å². The third-order valence-corrected chi connectivity index (χ3v) is 3.01. The third kappa shape index (κ3) is 6.88. The molecule has 0 aliphatic carbocycles. The molecule has 1 unspecified atom stereocenters. The average Bonchev–Trinajstić information content (AvgIpc) is 2.15. The number of alkyl halides is 3. The second kappa shape index (κ2) is 6.59. The maximum absolute atomic E-state index is 12.0. The number of halogens is 3. The molecule has 1 aliphatic heterocycles. The van der Waals surface area contributed by atoms with Gasteiger partial charge in [0.05, 0.1) is 0 Å². The fraction of sp³-hybridized carbons (Fsp3) is 1.00. The van der Waals surface area contributed by atoms with Crippen molar-refractivity contribution in [1.82, 2.24) is 10.2 Å². The monoisotopic (exact) mass is 252 g/mol. The summed E-state index contributed by atoms with van der Waals surface area (Å²) in [6, 6.07) is 0.879. The van der Waals surface area contributed by atoms with Crippen LogP contribution >= 0.6 is 0 Å². The molecule has 0 amide bonds. The Hall–Kier alpha value is -0.290. The number of nitrogens with zero attached hydrogens (tertiary/aromatic N) is 1. The molecule has 0 aromatic carbocycles. The first-order valence-corrected chi connectivity index (χ1v) is 6.42. The van der Waals surface area contributed by atoms with Crippen LogP contribution in [0, 0.1) is 0 Å². The van der Waals surface area contributed by atoms with Crippen molar-refractivity contribution < 1.29 is 13.2 Å². The highest BCUT2D eigenvalue weighted by Crippen LogP contribution is 2.22. The van der Waals surface area contributed by atoms with Gasteiger partial charge in [0.15, 0.2) is 0 Å². The summed E-state index contributed by atoms with van der Waals surface area (Å²) >= 11 is 0. The molecular weight excluding hydrogens is 229 g/mol. The third-order valence-electron chi connectivity index (χ3n) is 3.01. The lowest BCUT2D eigenvalue weighted by atomic mass is 10.0. The largest absolute Gasteiger partial charge is 0.389 e. The van der Waals surface area contributed by atoms with Gasteiger partial charge in [-0.1, -0.05) is 13.8 Å². The number of hydrogen-bond acceptors (Lipinski definition) is 2. The van der Waals surface area contributed by atoms with Gasteiger partial charge in [0, 0.05) is 25.0 Å². The maximum atomic E-state index is 12.0. The first kappa shape index (κ1) is 14.8. The van der Waals surface area contributed by atoms with E-state index in [1.807, 2.05) is 0 Å². The Labute approximate surface area is 102 Å². The molecule has 1 N–H and O–H groups in total. The Bertz CT molecular complexity index is 216. The fourth-order valence-corrected chi connectivity index (χ4v) is 2.37. The van der Waals surface area contributed by atoms with Crippen molar-refractivity contribution in [3.8, 4) is 0 Å². The Morgan fingerprint density at radius 3 is 2.65 bits per heavy atom. The van der Waals surface area contributed by atoms with E-state index in [-0.39, 0.29) is 6.42 Å². The van der Waals surface area contributed by atoms with Crippen molar-refractivity contribution in [2.45, 2.75) is 57.8 Å². The fourth-order valence-electron chi connectivity index (χ4n) is 2.37. The van der Waals surface area contributed by atoms with Crippen molar-refractivity contribution in [3.05, 3.63) is 0 Å². The van der Waals surface area contributed by atoms with Crippen LogP contribution in [0.3, 0.4) is 0 Å². The van der Waals surface area contributed by atoms with Gasteiger partial charge in [0.1, 0.15) is 0 Å². The van der Waals surface area contributed by atoms with Crippen LogP contribution < -0.4 is 5.32 Å². The summed E-state index contributed by atoms with van der Waals surface area (Å²) in [5.74, 6) is 0. The summed E-state index contributed by atoms with van der Waals surface area (Å²) in [7, 11) is 0. The summed E-state index contributed by atoms with van der Waals surface area (Å²) in [4.78, 5) is 2.15. The highest BCUT2D eigenvalue weighted by atomic mass is 19.4. The van der Waals surface area contributed by atoms with Gasteiger partial charge in [-0.05, 0) is 32.4 Å². The molecule has 1 heterocycles. The molecule has 17 heavy (non-hydrogen) atoms. The van der Waals surface area contributed by atoms with Crippen LogP contribution in [0.4, 0.5) is 13.2 Å². The van der Waals surface area contributed by atoms with Crippen molar-refractivity contribution >= 4 is 0 Å². The molecule has 1 aliphatic rings. The second-order valence-corrected chi connectivity index (χ2v) is 5.18. The maximum Gasteiger partial charge on any atom is 0.389 e. The molecule has 5 heteroatoms. The zero-order chi connectivity index (χ0) is 12.9. The minimum atomic E-state index is -4.01. The molecule has 1 rings (SSSR count). The van der Waals surface area contributed by atoms with Crippen LogP contribution in [0.2, 0.25) is 0 Å². The molecule has 0 radical (unpaired) electrons. The van der Waals surface area contributed by atoms with E-state index in [0.717, 1.165) is 25.9 Å². The van der Waals surface area contributed by atoms with Crippen LogP contribution in [0.5, 0.6) is 0 Å². The van der Waals surface area contributed by atoms with Gasteiger partial charge in [-0.15, -0.1) is 0 Å². The van der Waals surface area contributed by atoms with Gasteiger partial charge in [-0.2, -0.15) is 13.2 Å². The molecular formula is C12H23F3N2. The van der Waals surface area contributed by atoms with Crippen LogP contribution in [0.15, 0.2) is 0 Å². The standard InChI is InChI=1S/C12H23F3N2/c1-10(2)16-11-5-3-7-17(9-11)8-4-6-12(13,14)15/h10-11,16H,3-9H2,1-2H3. The van der Waals surface area contributed by atoms with E-state index < -0.39 is 12.6 Å². The predicted molar refractivity (Wildman–Crippen MR) is 63.0 cm³/mol. The number of nitrogens with one attached hydrogen (secondary N) is 1. The SMILES string of the molecule is CC(C)NC1CCCN(CCCC(F)(F)F)C1. The topological polar surface area (TPSA) is 15.3 Å². The van der Waals surface area contributed by atoms with Crippen LogP contribution in [0.25, 0.3) is 0 Å². The summed E-state index contributed by atoms with van der Waals surface area (Å²) < 4.78 is 36.1. The summed E-state index contributed by atoms with van der Waals surface area (Å²) in [5.41, 5.74) is 0. The first-order valence-electron chi connectivity index (χ1n) is 6.42. The molecule has 1 atom stereocenters. The summed E-state index contributed by atoms with van der Waals surface area (Å²) in [6.45, 7) is 6.59. The minimum absolute atomic E-state index is 0.220. The van der Waals surface area contributed by atoms with Gasteiger partial charge in [0.25, 0.3) is 0 Å². The molecule has 0 aromatic rings. The van der Waals surface area contributed by atoms with E-state index in [9.17, 15) is 13.2 Å². The molecule has 1 fully saturated rings. The second-order valence-electron chi connectivity index (χ2n) is 5.18. The molecule has 0 bridgehead atoms. The van der Waals surface area contributed by atoms with Crippen LogP contribution in [0.1, 0.15) is 39.5 Å². The number of piperidine rings is 1. The van der Waals surface area contributed by atoms with E-state index in [1.54, 1.807) is 0 Å². The van der Waals surface area contributed by atoms with Crippen molar-refractivity contribution in [1.29, 1.82) is 0 Å². The van der Waals surface area contributed by atoms with E-state index in [0.29, 0.717) is 18.6 Å². The number of hydrogen-bond donors (Lipinski definition) is 1. The Balaban J connectivity index is 2.20. The number of rotatable bonds is 5. The first-order chi connectivity index (χ1) is 7.87. The molecule has 0 saturated carbocycles. The summed E-state index contributed by atoms with van der Waals surface area (Å²) in [5, 5.41) is 3.45. The van der Waals surface area contributed by atoms with Crippen molar-refractivity contribution in [3.63, 3.8) is 0 Å². The van der Waals surface area contributed by atoms with Gasteiger partial charge < -0.3 is 10.2 Å². The van der Waals surface area contributed by atoms with Gasteiger partial charge >= 0.3 is 6.18 Å². The van der Waals surface area contributed by atoms with E-state index in [4.69, 9.17) is 0 Å². The molecule has 102 valence electrons. The van der Waals surface area contributed by atoms with Gasteiger partial charge in [-0.3, -0.25) is 0 Å². The Morgan fingerprint density at radius 2 is 2.06 bits per heavy atom.